The predicted octanol–water partition coefficient (Wildman–Crippen LogP) is 2.89. The summed E-state index contributed by atoms with van der Waals surface area (Å²) in [4.78, 5) is 12.0. The minimum Gasteiger partial charge on any atom is -0.266 e. The van der Waals surface area contributed by atoms with Gasteiger partial charge in [0.15, 0.2) is 0 Å². The van der Waals surface area contributed by atoms with Crippen molar-refractivity contribution in [2.75, 3.05) is 0 Å². The first-order valence-corrected chi connectivity index (χ1v) is 6.75. The van der Waals surface area contributed by atoms with Crippen LogP contribution in [0, 0.1) is 18.3 Å². The Morgan fingerprint density at radius 3 is 2.60 bits per heavy atom. The van der Waals surface area contributed by atoms with E-state index in [4.69, 9.17) is 5.26 Å². The standard InChI is InChI=1S/C16H17N3O/c1-3-4-9-19-16(20)14(11-17)10-15(18-19)13-7-5-12(2)6-8-13/h5-8,10H,3-4,9H2,1-2H3. The van der Waals surface area contributed by atoms with Crippen molar-refractivity contribution in [2.24, 2.45) is 0 Å². The number of nitrogens with zero attached hydrogens (tertiary/aromatic N) is 3. The first kappa shape index (κ1) is 14.0. The molecular weight excluding hydrogens is 250 g/mol. The molecule has 4 heteroatoms. The molecule has 0 bridgehead atoms. The number of nitriles is 1. The van der Waals surface area contributed by atoms with Gasteiger partial charge in [-0.2, -0.15) is 10.4 Å². The van der Waals surface area contributed by atoms with Gasteiger partial charge in [0.25, 0.3) is 5.56 Å². The van der Waals surface area contributed by atoms with Crippen molar-refractivity contribution in [3.8, 4) is 17.3 Å². The van der Waals surface area contributed by atoms with Gasteiger partial charge in [0.1, 0.15) is 11.6 Å². The first-order chi connectivity index (χ1) is 9.65. The average molecular weight is 267 g/mol. The molecule has 1 aromatic carbocycles. The van der Waals surface area contributed by atoms with E-state index in [2.05, 4.69) is 12.0 Å². The van der Waals surface area contributed by atoms with Crippen LogP contribution in [0.4, 0.5) is 0 Å². The molecule has 0 aliphatic carbocycles. The van der Waals surface area contributed by atoms with Gasteiger partial charge in [0.2, 0.25) is 0 Å². The summed E-state index contributed by atoms with van der Waals surface area (Å²) in [5, 5.41) is 13.5. The smallest absolute Gasteiger partial charge is 0.266 e. The fraction of sp³-hybridized carbons (Fsp3) is 0.312. The van der Waals surface area contributed by atoms with E-state index < -0.39 is 0 Å². The molecule has 0 saturated heterocycles. The predicted molar refractivity (Wildman–Crippen MR) is 78.3 cm³/mol. The van der Waals surface area contributed by atoms with Gasteiger partial charge in [-0.05, 0) is 19.4 Å². The molecule has 0 amide bonds. The molecule has 0 unspecified atom stereocenters. The highest BCUT2D eigenvalue weighted by Gasteiger charge is 2.09. The summed E-state index contributed by atoms with van der Waals surface area (Å²) in [7, 11) is 0. The molecular formula is C16H17N3O. The number of hydrogen-bond donors (Lipinski definition) is 0. The third-order valence-corrected chi connectivity index (χ3v) is 3.17. The van der Waals surface area contributed by atoms with Crippen molar-refractivity contribution in [3.05, 3.63) is 51.8 Å². The molecule has 0 spiro atoms. The van der Waals surface area contributed by atoms with Crippen LogP contribution in [0.2, 0.25) is 0 Å². The summed E-state index contributed by atoms with van der Waals surface area (Å²) < 4.78 is 1.40. The number of aromatic nitrogens is 2. The van der Waals surface area contributed by atoms with Gasteiger partial charge in [-0.15, -0.1) is 0 Å². The number of benzene rings is 1. The van der Waals surface area contributed by atoms with Gasteiger partial charge in [-0.3, -0.25) is 4.79 Å². The lowest BCUT2D eigenvalue weighted by Gasteiger charge is -2.08. The van der Waals surface area contributed by atoms with Crippen molar-refractivity contribution >= 4 is 0 Å². The van der Waals surface area contributed by atoms with Crippen molar-refractivity contribution in [2.45, 2.75) is 33.2 Å². The minimum atomic E-state index is -0.309. The van der Waals surface area contributed by atoms with Crippen molar-refractivity contribution in [1.29, 1.82) is 5.26 Å². The van der Waals surface area contributed by atoms with Crippen LogP contribution in [0.3, 0.4) is 0 Å². The molecule has 102 valence electrons. The average Bonchev–Trinajstić information content (AvgIpc) is 2.47. The number of hydrogen-bond acceptors (Lipinski definition) is 3. The lowest BCUT2D eigenvalue weighted by atomic mass is 10.1. The summed E-state index contributed by atoms with van der Waals surface area (Å²) in [6, 6.07) is 11.4. The summed E-state index contributed by atoms with van der Waals surface area (Å²) in [6.07, 6.45) is 1.85. The molecule has 1 aromatic heterocycles. The second-order valence-corrected chi connectivity index (χ2v) is 4.80. The largest absolute Gasteiger partial charge is 0.284 e. The summed E-state index contributed by atoms with van der Waals surface area (Å²) >= 11 is 0. The molecule has 1 heterocycles. The molecule has 0 N–H and O–H groups in total. The van der Waals surface area contributed by atoms with Crippen LogP contribution in [0.15, 0.2) is 35.1 Å². The van der Waals surface area contributed by atoms with Gasteiger partial charge in [-0.25, -0.2) is 4.68 Å². The van der Waals surface area contributed by atoms with E-state index in [0.29, 0.717) is 12.2 Å². The Hall–Kier alpha value is -2.41. The van der Waals surface area contributed by atoms with Crippen LogP contribution in [0.1, 0.15) is 30.9 Å². The van der Waals surface area contributed by atoms with Crippen LogP contribution in [0.5, 0.6) is 0 Å². The maximum atomic E-state index is 12.0. The molecule has 0 saturated carbocycles. The third-order valence-electron chi connectivity index (χ3n) is 3.17. The van der Waals surface area contributed by atoms with Gasteiger partial charge in [0, 0.05) is 12.1 Å². The molecule has 0 fully saturated rings. The highest BCUT2D eigenvalue weighted by molar-refractivity contribution is 5.60. The fourth-order valence-electron chi connectivity index (χ4n) is 1.95. The molecule has 2 aromatic rings. The molecule has 0 atom stereocenters. The lowest BCUT2D eigenvalue weighted by molar-refractivity contribution is 0.544. The second-order valence-electron chi connectivity index (χ2n) is 4.80. The SMILES string of the molecule is CCCCn1nc(-c2ccc(C)cc2)cc(C#N)c1=O. The van der Waals surface area contributed by atoms with Gasteiger partial charge < -0.3 is 0 Å². The van der Waals surface area contributed by atoms with E-state index in [1.54, 1.807) is 6.07 Å². The van der Waals surface area contributed by atoms with Gasteiger partial charge >= 0.3 is 0 Å². The second kappa shape index (κ2) is 6.16. The third kappa shape index (κ3) is 2.94. The first-order valence-electron chi connectivity index (χ1n) is 6.75. The topological polar surface area (TPSA) is 58.7 Å². The van der Waals surface area contributed by atoms with E-state index >= 15 is 0 Å². The van der Waals surface area contributed by atoms with Crippen LogP contribution in [-0.2, 0) is 6.54 Å². The minimum absolute atomic E-state index is 0.145. The number of unbranched alkanes of at least 4 members (excludes halogenated alkanes) is 1. The molecule has 0 aliphatic heterocycles. The Labute approximate surface area is 118 Å². The van der Waals surface area contributed by atoms with Crippen LogP contribution >= 0.6 is 0 Å². The molecule has 0 radical (unpaired) electrons. The fourth-order valence-corrected chi connectivity index (χ4v) is 1.95. The summed E-state index contributed by atoms with van der Waals surface area (Å²) in [5.74, 6) is 0. The van der Waals surface area contributed by atoms with E-state index in [9.17, 15) is 4.79 Å². The molecule has 20 heavy (non-hydrogen) atoms. The maximum absolute atomic E-state index is 12.0. The monoisotopic (exact) mass is 267 g/mol. The zero-order valence-corrected chi connectivity index (χ0v) is 11.8. The lowest BCUT2D eigenvalue weighted by Crippen LogP contribution is -2.25. The van der Waals surface area contributed by atoms with Crippen molar-refractivity contribution < 1.29 is 0 Å². The van der Waals surface area contributed by atoms with Crippen molar-refractivity contribution in [1.82, 2.24) is 9.78 Å². The van der Waals surface area contributed by atoms with E-state index in [0.717, 1.165) is 24.0 Å². The Morgan fingerprint density at radius 1 is 1.30 bits per heavy atom. The Bertz CT molecular complexity index is 693. The highest BCUT2D eigenvalue weighted by atomic mass is 16.1. The molecule has 0 aliphatic rings. The highest BCUT2D eigenvalue weighted by Crippen LogP contribution is 2.17. The summed E-state index contributed by atoms with van der Waals surface area (Å²) in [5.41, 5.74) is 2.58. The normalized spacial score (nSPS) is 10.2. The number of rotatable bonds is 4. The number of aryl methyl sites for hydroxylation is 2. The van der Waals surface area contributed by atoms with E-state index in [1.807, 2.05) is 37.3 Å². The Kier molecular flexibility index (Phi) is 4.31. The quantitative estimate of drug-likeness (QED) is 0.855. The van der Waals surface area contributed by atoms with Gasteiger partial charge in [-0.1, -0.05) is 43.2 Å². The van der Waals surface area contributed by atoms with Crippen LogP contribution in [0.25, 0.3) is 11.3 Å². The zero-order chi connectivity index (χ0) is 14.5. The maximum Gasteiger partial charge on any atom is 0.284 e. The van der Waals surface area contributed by atoms with Crippen LogP contribution in [-0.4, -0.2) is 9.78 Å². The molecule has 4 nitrogen and oxygen atoms in total. The van der Waals surface area contributed by atoms with Crippen molar-refractivity contribution in [3.63, 3.8) is 0 Å². The Morgan fingerprint density at radius 2 is 2.00 bits per heavy atom. The van der Waals surface area contributed by atoms with Crippen LogP contribution < -0.4 is 5.56 Å². The Balaban J connectivity index is 2.51. The zero-order valence-electron chi connectivity index (χ0n) is 11.8. The van der Waals surface area contributed by atoms with E-state index in [-0.39, 0.29) is 11.1 Å². The summed E-state index contributed by atoms with van der Waals surface area (Å²) in [6.45, 7) is 4.61. The van der Waals surface area contributed by atoms with Gasteiger partial charge in [0.05, 0.1) is 5.69 Å². The van der Waals surface area contributed by atoms with E-state index in [1.165, 1.54) is 4.68 Å². The molecule has 2 rings (SSSR count).